The van der Waals surface area contributed by atoms with Crippen LogP contribution < -0.4 is 10.2 Å². The van der Waals surface area contributed by atoms with Gasteiger partial charge in [-0.25, -0.2) is 4.90 Å². The van der Waals surface area contributed by atoms with Crippen LogP contribution >= 0.6 is 35.4 Å². The normalized spacial score (nSPS) is 15.5. The maximum Gasteiger partial charge on any atom is 0.257 e. The van der Waals surface area contributed by atoms with Gasteiger partial charge >= 0.3 is 0 Å². The number of anilines is 2. The largest absolute Gasteiger partial charge is 0.336 e. The van der Waals surface area contributed by atoms with E-state index >= 15 is 0 Å². The molecule has 3 aromatic rings. The van der Waals surface area contributed by atoms with Gasteiger partial charge in [0.05, 0.1) is 22.2 Å². The first-order valence-corrected chi connectivity index (χ1v) is 12.0. The highest BCUT2D eigenvalue weighted by atomic mass is 35.5. The summed E-state index contributed by atoms with van der Waals surface area (Å²) >= 11 is 18.3. The fourth-order valence-electron chi connectivity index (χ4n) is 3.92. The van der Waals surface area contributed by atoms with E-state index in [4.69, 9.17) is 35.4 Å². The van der Waals surface area contributed by atoms with Crippen molar-refractivity contribution in [2.75, 3.05) is 16.8 Å². The predicted molar refractivity (Wildman–Crippen MR) is 142 cm³/mol. The lowest BCUT2D eigenvalue weighted by atomic mass is 10.1. The van der Waals surface area contributed by atoms with Crippen LogP contribution in [0.3, 0.4) is 0 Å². The average molecular weight is 512 g/mol. The molecule has 5 nitrogen and oxygen atoms in total. The van der Waals surface area contributed by atoms with Crippen molar-refractivity contribution in [1.29, 1.82) is 0 Å². The van der Waals surface area contributed by atoms with Crippen LogP contribution in [0.2, 0.25) is 10.0 Å². The minimum atomic E-state index is -0.769. The molecular formula is C26H23Cl2N3O2S. The summed E-state index contributed by atoms with van der Waals surface area (Å²) in [5.74, 6) is -0.769. The minimum absolute atomic E-state index is 0.0229. The molecule has 2 amide bonds. The SMILES string of the molecule is Cc1ccc(NC(=S)N(CCc2ccccc2)C2CC(=O)N(c3c(Cl)cccc3Cl)C2=O)cc1. The average Bonchev–Trinajstić information content (AvgIpc) is 3.10. The fraction of sp³-hybridized carbons (Fsp3) is 0.192. The topological polar surface area (TPSA) is 52.7 Å². The van der Waals surface area contributed by atoms with E-state index in [9.17, 15) is 9.59 Å². The van der Waals surface area contributed by atoms with E-state index in [-0.39, 0.29) is 28.1 Å². The van der Waals surface area contributed by atoms with E-state index in [2.05, 4.69) is 5.32 Å². The first-order valence-electron chi connectivity index (χ1n) is 10.8. The van der Waals surface area contributed by atoms with E-state index in [0.717, 1.165) is 21.7 Å². The van der Waals surface area contributed by atoms with Gasteiger partial charge in [-0.2, -0.15) is 0 Å². The molecule has 1 fully saturated rings. The third-order valence-electron chi connectivity index (χ3n) is 5.71. The summed E-state index contributed by atoms with van der Waals surface area (Å²) < 4.78 is 0. The molecule has 1 unspecified atom stereocenters. The predicted octanol–water partition coefficient (Wildman–Crippen LogP) is 5.88. The van der Waals surface area contributed by atoms with Gasteiger partial charge in [-0.3, -0.25) is 9.59 Å². The third-order valence-corrected chi connectivity index (χ3v) is 6.65. The molecule has 34 heavy (non-hydrogen) atoms. The Morgan fingerprint density at radius 2 is 1.65 bits per heavy atom. The molecule has 1 N–H and O–H groups in total. The number of para-hydroxylation sites is 1. The number of nitrogens with one attached hydrogen (secondary N) is 1. The van der Waals surface area contributed by atoms with E-state index in [0.29, 0.717) is 18.1 Å². The summed E-state index contributed by atoms with van der Waals surface area (Å²) in [6.07, 6.45) is 0.631. The Morgan fingerprint density at radius 3 is 2.29 bits per heavy atom. The Balaban J connectivity index is 1.62. The molecule has 1 saturated heterocycles. The molecule has 0 saturated carbocycles. The first kappa shape index (κ1) is 24.2. The van der Waals surface area contributed by atoms with Crippen LogP contribution in [-0.4, -0.2) is 34.4 Å². The lowest BCUT2D eigenvalue weighted by Gasteiger charge is -2.30. The number of halogens is 2. The van der Waals surface area contributed by atoms with Crippen LogP contribution in [0.4, 0.5) is 11.4 Å². The lowest BCUT2D eigenvalue weighted by Crippen LogP contribution is -2.48. The Labute approximate surface area is 214 Å². The third kappa shape index (κ3) is 5.25. The molecule has 174 valence electrons. The lowest BCUT2D eigenvalue weighted by molar-refractivity contribution is -0.122. The first-order chi connectivity index (χ1) is 16.3. The van der Waals surface area contributed by atoms with Gasteiger partial charge in [0.2, 0.25) is 5.91 Å². The number of thiocarbonyl (C=S) groups is 1. The summed E-state index contributed by atoms with van der Waals surface area (Å²) in [6, 6.07) is 21.8. The Kier molecular flexibility index (Phi) is 7.51. The molecule has 1 atom stereocenters. The molecule has 3 aromatic carbocycles. The number of imide groups is 1. The standard InChI is InChI=1S/C26H23Cl2N3O2S/c1-17-10-12-19(13-11-17)29-26(34)30(15-14-18-6-3-2-4-7-18)22-16-23(32)31(25(22)33)24-20(27)8-5-9-21(24)28/h2-13,22H,14-16H2,1H3,(H,29,34). The monoisotopic (exact) mass is 511 g/mol. The number of carbonyl (C=O) groups is 2. The van der Waals surface area contributed by atoms with Gasteiger partial charge in [0, 0.05) is 12.2 Å². The van der Waals surface area contributed by atoms with Crippen LogP contribution in [0.25, 0.3) is 0 Å². The number of benzene rings is 3. The van der Waals surface area contributed by atoms with Crippen LogP contribution in [0.1, 0.15) is 17.5 Å². The van der Waals surface area contributed by atoms with Gasteiger partial charge in [0.25, 0.3) is 5.91 Å². The zero-order chi connectivity index (χ0) is 24.2. The van der Waals surface area contributed by atoms with Gasteiger partial charge in [-0.15, -0.1) is 0 Å². The van der Waals surface area contributed by atoms with Crippen molar-refractivity contribution < 1.29 is 9.59 Å². The molecule has 1 aliphatic rings. The van der Waals surface area contributed by atoms with E-state index in [1.165, 1.54) is 0 Å². The van der Waals surface area contributed by atoms with E-state index in [1.54, 1.807) is 23.1 Å². The van der Waals surface area contributed by atoms with Crippen molar-refractivity contribution >= 4 is 63.7 Å². The summed E-state index contributed by atoms with van der Waals surface area (Å²) in [6.45, 7) is 2.46. The number of aryl methyl sites for hydroxylation is 1. The van der Waals surface area contributed by atoms with Crippen LogP contribution in [0.5, 0.6) is 0 Å². The van der Waals surface area contributed by atoms with E-state index in [1.807, 2.05) is 61.5 Å². The number of amides is 2. The number of hydrogen-bond donors (Lipinski definition) is 1. The number of rotatable bonds is 6. The molecule has 1 heterocycles. The molecule has 0 radical (unpaired) electrons. The zero-order valence-corrected chi connectivity index (χ0v) is 20.8. The second-order valence-corrected chi connectivity index (χ2v) is 9.28. The maximum absolute atomic E-state index is 13.5. The van der Waals surface area contributed by atoms with Crippen molar-refractivity contribution in [3.05, 3.63) is 94.0 Å². The summed E-state index contributed by atoms with van der Waals surface area (Å²) in [5, 5.41) is 4.07. The molecule has 4 rings (SSSR count). The Bertz CT molecular complexity index is 1200. The quantitative estimate of drug-likeness (QED) is 0.331. The molecule has 8 heteroatoms. The van der Waals surface area contributed by atoms with Crippen LogP contribution in [0, 0.1) is 6.92 Å². The van der Waals surface area contributed by atoms with Crippen LogP contribution in [-0.2, 0) is 16.0 Å². The molecule has 0 bridgehead atoms. The fourth-order valence-corrected chi connectivity index (χ4v) is 4.83. The van der Waals surface area contributed by atoms with Crippen LogP contribution in [0.15, 0.2) is 72.8 Å². The molecule has 0 aromatic heterocycles. The van der Waals surface area contributed by atoms with Gasteiger partial charge in [0.15, 0.2) is 5.11 Å². The van der Waals surface area contributed by atoms with Gasteiger partial charge < -0.3 is 10.2 Å². The highest BCUT2D eigenvalue weighted by Gasteiger charge is 2.44. The smallest absolute Gasteiger partial charge is 0.257 e. The van der Waals surface area contributed by atoms with Gasteiger partial charge in [0.1, 0.15) is 6.04 Å². The van der Waals surface area contributed by atoms with Gasteiger partial charge in [-0.1, -0.05) is 77.3 Å². The van der Waals surface area contributed by atoms with Gasteiger partial charge in [-0.05, 0) is 55.4 Å². The molecule has 0 spiro atoms. The van der Waals surface area contributed by atoms with Crippen molar-refractivity contribution in [1.82, 2.24) is 4.90 Å². The number of nitrogens with zero attached hydrogens (tertiary/aromatic N) is 2. The highest BCUT2D eigenvalue weighted by Crippen LogP contribution is 2.37. The Hall–Kier alpha value is -2.93. The Morgan fingerprint density at radius 1 is 1.00 bits per heavy atom. The van der Waals surface area contributed by atoms with Crippen molar-refractivity contribution in [3.8, 4) is 0 Å². The maximum atomic E-state index is 13.5. The summed E-state index contributed by atoms with van der Waals surface area (Å²) in [4.78, 5) is 29.4. The second kappa shape index (κ2) is 10.6. The number of hydrogen-bond acceptors (Lipinski definition) is 3. The molecular weight excluding hydrogens is 489 g/mol. The summed E-state index contributed by atoms with van der Waals surface area (Å²) in [5.41, 5.74) is 3.25. The van der Waals surface area contributed by atoms with Crippen molar-refractivity contribution in [2.24, 2.45) is 0 Å². The van der Waals surface area contributed by atoms with Crippen molar-refractivity contribution in [2.45, 2.75) is 25.8 Å². The second-order valence-electron chi connectivity index (χ2n) is 8.08. The minimum Gasteiger partial charge on any atom is -0.336 e. The zero-order valence-electron chi connectivity index (χ0n) is 18.5. The molecule has 1 aliphatic heterocycles. The number of carbonyl (C=O) groups excluding carboxylic acids is 2. The molecule has 0 aliphatic carbocycles. The highest BCUT2D eigenvalue weighted by molar-refractivity contribution is 7.80. The van der Waals surface area contributed by atoms with E-state index < -0.39 is 11.9 Å². The summed E-state index contributed by atoms with van der Waals surface area (Å²) in [7, 11) is 0. The van der Waals surface area contributed by atoms with Crippen molar-refractivity contribution in [3.63, 3.8) is 0 Å².